The van der Waals surface area contributed by atoms with Crippen LogP contribution in [0.15, 0.2) is 0 Å². The van der Waals surface area contributed by atoms with Gasteiger partial charge in [0.1, 0.15) is 0 Å². The third-order valence-electron chi connectivity index (χ3n) is 3.56. The fourth-order valence-electron chi connectivity index (χ4n) is 2.49. The predicted octanol–water partition coefficient (Wildman–Crippen LogP) is 2.07. The summed E-state index contributed by atoms with van der Waals surface area (Å²) in [6.07, 6.45) is 6.19. The Morgan fingerprint density at radius 2 is 2.23 bits per heavy atom. The molecule has 2 nitrogen and oxygen atoms in total. The minimum absolute atomic E-state index is 0.290. The first-order valence-electron chi connectivity index (χ1n) is 5.50. The topological polar surface area (TPSA) is 35.8 Å². The van der Waals surface area contributed by atoms with Gasteiger partial charge < -0.3 is 5.32 Å². The Kier molecular flexibility index (Phi) is 2.55. The van der Waals surface area contributed by atoms with E-state index >= 15 is 0 Å². The molecule has 0 amide bonds. The SMILES string of the molecule is CCC1CC1NC1CCCC1C#N. The van der Waals surface area contributed by atoms with Crippen molar-refractivity contribution in [3.8, 4) is 6.07 Å². The summed E-state index contributed by atoms with van der Waals surface area (Å²) in [5.41, 5.74) is 0. The highest BCUT2D eigenvalue weighted by molar-refractivity contribution is 5.01. The van der Waals surface area contributed by atoms with Gasteiger partial charge in [-0.05, 0) is 25.2 Å². The molecular formula is C11H18N2. The summed E-state index contributed by atoms with van der Waals surface area (Å²) in [7, 11) is 0. The van der Waals surface area contributed by atoms with E-state index in [9.17, 15) is 0 Å². The average molecular weight is 178 g/mol. The van der Waals surface area contributed by atoms with Gasteiger partial charge in [-0.1, -0.05) is 19.8 Å². The van der Waals surface area contributed by atoms with Gasteiger partial charge in [0.05, 0.1) is 12.0 Å². The van der Waals surface area contributed by atoms with Crippen molar-refractivity contribution >= 4 is 0 Å². The lowest BCUT2D eigenvalue weighted by atomic mass is 10.1. The monoisotopic (exact) mass is 178 g/mol. The molecule has 0 heterocycles. The number of hydrogen-bond donors (Lipinski definition) is 1. The van der Waals surface area contributed by atoms with Crippen LogP contribution >= 0.6 is 0 Å². The molecule has 0 aromatic rings. The van der Waals surface area contributed by atoms with Crippen molar-refractivity contribution in [2.24, 2.45) is 11.8 Å². The van der Waals surface area contributed by atoms with Crippen molar-refractivity contribution in [3.05, 3.63) is 0 Å². The molecule has 0 aromatic carbocycles. The highest BCUT2D eigenvalue weighted by atomic mass is 15.0. The first kappa shape index (κ1) is 9.02. The smallest absolute Gasteiger partial charge is 0.0672 e. The minimum atomic E-state index is 0.290. The summed E-state index contributed by atoms with van der Waals surface area (Å²) in [6, 6.07) is 3.66. The van der Waals surface area contributed by atoms with Crippen molar-refractivity contribution in [1.29, 1.82) is 5.26 Å². The number of rotatable bonds is 3. The Labute approximate surface area is 80.3 Å². The third-order valence-corrected chi connectivity index (χ3v) is 3.56. The molecule has 13 heavy (non-hydrogen) atoms. The Balaban J connectivity index is 1.79. The summed E-state index contributed by atoms with van der Waals surface area (Å²) < 4.78 is 0. The molecule has 72 valence electrons. The first-order chi connectivity index (χ1) is 6.35. The van der Waals surface area contributed by atoms with E-state index in [1.807, 2.05) is 0 Å². The van der Waals surface area contributed by atoms with Crippen molar-refractivity contribution in [1.82, 2.24) is 5.32 Å². The van der Waals surface area contributed by atoms with Gasteiger partial charge in [0.15, 0.2) is 0 Å². The van der Waals surface area contributed by atoms with Gasteiger partial charge in [-0.2, -0.15) is 5.26 Å². The van der Waals surface area contributed by atoms with Crippen LogP contribution in [-0.2, 0) is 0 Å². The normalized spacial score (nSPS) is 43.1. The second kappa shape index (κ2) is 3.67. The molecule has 0 saturated heterocycles. The quantitative estimate of drug-likeness (QED) is 0.718. The number of nitrogens with one attached hydrogen (secondary N) is 1. The Morgan fingerprint density at radius 3 is 2.85 bits per heavy atom. The molecule has 2 aliphatic carbocycles. The molecular weight excluding hydrogens is 160 g/mol. The van der Waals surface area contributed by atoms with Gasteiger partial charge in [0.25, 0.3) is 0 Å². The van der Waals surface area contributed by atoms with Crippen molar-refractivity contribution in [2.75, 3.05) is 0 Å². The van der Waals surface area contributed by atoms with Gasteiger partial charge in [0, 0.05) is 12.1 Å². The van der Waals surface area contributed by atoms with E-state index in [1.54, 1.807) is 0 Å². The van der Waals surface area contributed by atoms with Gasteiger partial charge in [0.2, 0.25) is 0 Å². The molecule has 2 heteroatoms. The second-order valence-corrected chi connectivity index (χ2v) is 4.45. The molecule has 4 atom stereocenters. The molecule has 1 N–H and O–H groups in total. The summed E-state index contributed by atoms with van der Waals surface area (Å²) in [4.78, 5) is 0. The fourth-order valence-corrected chi connectivity index (χ4v) is 2.49. The van der Waals surface area contributed by atoms with Crippen LogP contribution in [0.1, 0.15) is 39.0 Å². The Bertz CT molecular complexity index is 219. The van der Waals surface area contributed by atoms with Crippen molar-refractivity contribution < 1.29 is 0 Å². The largest absolute Gasteiger partial charge is 0.310 e. The fraction of sp³-hybridized carbons (Fsp3) is 0.909. The van der Waals surface area contributed by atoms with Crippen LogP contribution in [-0.4, -0.2) is 12.1 Å². The summed E-state index contributed by atoms with van der Waals surface area (Å²) in [5, 5.41) is 12.5. The van der Waals surface area contributed by atoms with Crippen LogP contribution in [0.25, 0.3) is 0 Å². The van der Waals surface area contributed by atoms with E-state index in [4.69, 9.17) is 5.26 Å². The molecule has 0 radical (unpaired) electrons. The summed E-state index contributed by atoms with van der Waals surface area (Å²) in [6.45, 7) is 2.25. The summed E-state index contributed by atoms with van der Waals surface area (Å²) in [5.74, 6) is 1.19. The van der Waals surface area contributed by atoms with Crippen molar-refractivity contribution in [3.63, 3.8) is 0 Å². The van der Waals surface area contributed by atoms with E-state index in [0.29, 0.717) is 6.04 Å². The maximum atomic E-state index is 8.90. The minimum Gasteiger partial charge on any atom is -0.310 e. The van der Waals surface area contributed by atoms with Crippen LogP contribution in [0.4, 0.5) is 0 Å². The van der Waals surface area contributed by atoms with E-state index in [0.717, 1.165) is 18.4 Å². The van der Waals surface area contributed by atoms with E-state index in [1.165, 1.54) is 25.7 Å². The van der Waals surface area contributed by atoms with Gasteiger partial charge >= 0.3 is 0 Å². The lowest BCUT2D eigenvalue weighted by molar-refractivity contribution is 0.448. The molecule has 2 aliphatic rings. The van der Waals surface area contributed by atoms with Crippen LogP contribution < -0.4 is 5.32 Å². The average Bonchev–Trinajstić information content (AvgIpc) is 2.74. The first-order valence-corrected chi connectivity index (χ1v) is 5.50. The molecule has 2 fully saturated rings. The molecule has 0 bridgehead atoms. The Morgan fingerprint density at radius 1 is 1.38 bits per heavy atom. The zero-order valence-electron chi connectivity index (χ0n) is 8.29. The molecule has 4 unspecified atom stereocenters. The van der Waals surface area contributed by atoms with Crippen molar-refractivity contribution in [2.45, 2.75) is 51.1 Å². The highest BCUT2D eigenvalue weighted by Gasteiger charge is 2.39. The molecule has 2 saturated carbocycles. The maximum Gasteiger partial charge on any atom is 0.0672 e. The molecule has 0 spiro atoms. The number of nitrogens with zero attached hydrogens (tertiary/aromatic N) is 1. The predicted molar refractivity (Wildman–Crippen MR) is 52.1 cm³/mol. The van der Waals surface area contributed by atoms with Crippen LogP contribution in [0, 0.1) is 23.2 Å². The van der Waals surface area contributed by atoms with Crippen LogP contribution in [0.5, 0.6) is 0 Å². The standard InChI is InChI=1S/C11H18N2/c1-2-8-6-11(8)13-10-5-3-4-9(10)7-12/h8-11,13H,2-6H2,1H3. The maximum absolute atomic E-state index is 8.90. The van der Waals surface area contributed by atoms with E-state index in [-0.39, 0.29) is 5.92 Å². The third kappa shape index (κ3) is 1.86. The zero-order valence-corrected chi connectivity index (χ0v) is 8.29. The lowest BCUT2D eigenvalue weighted by Crippen LogP contribution is -2.34. The molecule has 0 aromatic heterocycles. The van der Waals surface area contributed by atoms with E-state index in [2.05, 4.69) is 18.3 Å². The Hall–Kier alpha value is -0.550. The van der Waals surface area contributed by atoms with Gasteiger partial charge in [-0.25, -0.2) is 0 Å². The van der Waals surface area contributed by atoms with Gasteiger partial charge in [-0.3, -0.25) is 0 Å². The van der Waals surface area contributed by atoms with E-state index < -0.39 is 0 Å². The highest BCUT2D eigenvalue weighted by Crippen LogP contribution is 2.36. The second-order valence-electron chi connectivity index (χ2n) is 4.45. The zero-order chi connectivity index (χ0) is 9.26. The van der Waals surface area contributed by atoms with Crippen LogP contribution in [0.3, 0.4) is 0 Å². The molecule has 0 aliphatic heterocycles. The lowest BCUT2D eigenvalue weighted by Gasteiger charge is -2.15. The molecule has 2 rings (SSSR count). The summed E-state index contributed by atoms with van der Waals surface area (Å²) >= 11 is 0. The number of hydrogen-bond acceptors (Lipinski definition) is 2. The van der Waals surface area contributed by atoms with Crippen LogP contribution in [0.2, 0.25) is 0 Å². The number of nitriles is 1. The van der Waals surface area contributed by atoms with Gasteiger partial charge in [-0.15, -0.1) is 0 Å².